The molecule has 11 heavy (non-hydrogen) atoms. The van der Waals surface area contributed by atoms with Gasteiger partial charge in [-0.2, -0.15) is 0 Å². The Hall–Kier alpha value is -1.18. The molecule has 2 heteroatoms. The van der Waals surface area contributed by atoms with E-state index in [9.17, 15) is 0 Å². The molecule has 0 spiro atoms. The first kappa shape index (κ1) is 7.93. The third-order valence-corrected chi connectivity index (χ3v) is 1.43. The molecule has 1 aromatic carbocycles. The standard InChI is InChI=1S/C9H10BO/c1-3-10-8-4-6-9(11-2)7-5-8/h3-7H,1H2,2H3. The van der Waals surface area contributed by atoms with E-state index in [-0.39, 0.29) is 0 Å². The van der Waals surface area contributed by atoms with Gasteiger partial charge in [-0.05, 0) is 12.1 Å². The number of hydrogen-bond acceptors (Lipinski definition) is 1. The molecule has 0 N–H and O–H groups in total. The summed E-state index contributed by atoms with van der Waals surface area (Å²) < 4.78 is 5.01. The number of methoxy groups -OCH3 is 1. The molecule has 55 valence electrons. The number of benzene rings is 1. The maximum atomic E-state index is 5.01. The second-order valence-electron chi connectivity index (χ2n) is 2.18. The van der Waals surface area contributed by atoms with Crippen LogP contribution in [0.4, 0.5) is 0 Å². The number of hydrogen-bond donors (Lipinski definition) is 0. The average Bonchev–Trinajstić information content (AvgIpc) is 2.07. The molecule has 1 radical (unpaired) electrons. The minimum absolute atomic E-state index is 0.881. The lowest BCUT2D eigenvalue weighted by atomic mass is 9.71. The molecule has 0 fully saturated rings. The van der Waals surface area contributed by atoms with E-state index in [0.29, 0.717) is 0 Å². The average molecular weight is 145 g/mol. The van der Waals surface area contributed by atoms with Crippen molar-refractivity contribution in [1.82, 2.24) is 0 Å². The Morgan fingerprint density at radius 3 is 2.45 bits per heavy atom. The van der Waals surface area contributed by atoms with Crippen LogP contribution in [0.1, 0.15) is 0 Å². The van der Waals surface area contributed by atoms with Crippen molar-refractivity contribution in [1.29, 1.82) is 0 Å². The highest BCUT2D eigenvalue weighted by molar-refractivity contribution is 6.58. The number of ether oxygens (including phenoxy) is 1. The van der Waals surface area contributed by atoms with Gasteiger partial charge in [0.15, 0.2) is 7.28 Å². The maximum Gasteiger partial charge on any atom is 0.180 e. The van der Waals surface area contributed by atoms with Gasteiger partial charge in [0.25, 0.3) is 0 Å². The van der Waals surface area contributed by atoms with Crippen LogP contribution in [0.5, 0.6) is 5.75 Å². The fourth-order valence-electron chi connectivity index (χ4n) is 0.851. The Balaban J connectivity index is 2.74. The molecule has 0 aromatic heterocycles. The fraction of sp³-hybridized carbons (Fsp3) is 0.111. The summed E-state index contributed by atoms with van der Waals surface area (Å²) in [7, 11) is 3.60. The van der Waals surface area contributed by atoms with Crippen molar-refractivity contribution < 1.29 is 4.74 Å². The molecule has 0 heterocycles. The van der Waals surface area contributed by atoms with Gasteiger partial charge in [0, 0.05) is 0 Å². The van der Waals surface area contributed by atoms with Crippen molar-refractivity contribution in [2.24, 2.45) is 0 Å². The predicted octanol–water partition coefficient (Wildman–Crippen LogP) is 1.17. The van der Waals surface area contributed by atoms with E-state index in [1.807, 2.05) is 31.5 Å². The van der Waals surface area contributed by atoms with Gasteiger partial charge in [-0.15, -0.1) is 12.6 Å². The normalized spacial score (nSPS) is 8.82. The number of rotatable bonds is 3. The van der Waals surface area contributed by atoms with Crippen LogP contribution in [0.15, 0.2) is 36.8 Å². The van der Waals surface area contributed by atoms with Crippen LogP contribution in [0.3, 0.4) is 0 Å². The van der Waals surface area contributed by atoms with Crippen LogP contribution >= 0.6 is 0 Å². The highest BCUT2D eigenvalue weighted by Gasteiger charge is 1.91. The van der Waals surface area contributed by atoms with Crippen LogP contribution in [-0.2, 0) is 0 Å². The summed E-state index contributed by atoms with van der Waals surface area (Å²) in [6.07, 6.45) is 0. The van der Waals surface area contributed by atoms with E-state index < -0.39 is 0 Å². The van der Waals surface area contributed by atoms with Gasteiger partial charge >= 0.3 is 0 Å². The molecule has 0 saturated carbocycles. The first-order valence-electron chi connectivity index (χ1n) is 3.46. The molecular formula is C9H10BO. The molecule has 0 saturated heterocycles. The lowest BCUT2D eigenvalue weighted by Gasteiger charge is -1.99. The van der Waals surface area contributed by atoms with Gasteiger partial charge in [-0.3, -0.25) is 0 Å². The van der Waals surface area contributed by atoms with E-state index in [1.54, 1.807) is 13.1 Å². The zero-order valence-corrected chi connectivity index (χ0v) is 6.58. The molecule has 1 rings (SSSR count). The molecule has 0 aliphatic rings. The van der Waals surface area contributed by atoms with Gasteiger partial charge in [0.1, 0.15) is 5.75 Å². The van der Waals surface area contributed by atoms with Crippen LogP contribution in [0.25, 0.3) is 0 Å². The minimum Gasteiger partial charge on any atom is -0.497 e. The summed E-state index contributed by atoms with van der Waals surface area (Å²) in [5.74, 6) is 2.65. The molecule has 0 atom stereocenters. The van der Waals surface area contributed by atoms with Crippen LogP contribution < -0.4 is 10.2 Å². The molecule has 0 bridgehead atoms. The first-order chi connectivity index (χ1) is 5.36. The quantitative estimate of drug-likeness (QED) is 0.580. The third-order valence-electron chi connectivity index (χ3n) is 1.43. The first-order valence-corrected chi connectivity index (χ1v) is 3.46. The Kier molecular flexibility index (Phi) is 2.78. The van der Waals surface area contributed by atoms with E-state index >= 15 is 0 Å². The van der Waals surface area contributed by atoms with E-state index in [0.717, 1.165) is 11.2 Å². The fourth-order valence-corrected chi connectivity index (χ4v) is 0.851. The summed E-state index contributed by atoms with van der Waals surface area (Å²) in [5.41, 5.74) is 1.14. The summed E-state index contributed by atoms with van der Waals surface area (Å²) in [6.45, 7) is 3.61. The Morgan fingerprint density at radius 1 is 1.36 bits per heavy atom. The highest BCUT2D eigenvalue weighted by Crippen LogP contribution is 2.04. The van der Waals surface area contributed by atoms with Crippen molar-refractivity contribution in [3.8, 4) is 5.75 Å². The van der Waals surface area contributed by atoms with Gasteiger partial charge in [0.05, 0.1) is 7.11 Å². The summed E-state index contributed by atoms with van der Waals surface area (Å²) in [4.78, 5) is 0. The van der Waals surface area contributed by atoms with Crippen LogP contribution in [0, 0.1) is 0 Å². The Labute approximate surface area is 67.9 Å². The lowest BCUT2D eigenvalue weighted by molar-refractivity contribution is 0.415. The molecular weight excluding hydrogens is 135 g/mol. The van der Waals surface area contributed by atoms with Crippen LogP contribution in [-0.4, -0.2) is 14.4 Å². The topological polar surface area (TPSA) is 9.23 Å². The molecule has 1 aromatic rings. The second kappa shape index (κ2) is 3.86. The minimum atomic E-state index is 0.881. The van der Waals surface area contributed by atoms with Gasteiger partial charge in [-0.25, -0.2) is 0 Å². The highest BCUT2D eigenvalue weighted by atomic mass is 16.5. The van der Waals surface area contributed by atoms with E-state index in [4.69, 9.17) is 4.74 Å². The predicted molar refractivity (Wildman–Crippen MR) is 48.6 cm³/mol. The van der Waals surface area contributed by atoms with Gasteiger partial charge in [0.2, 0.25) is 0 Å². The molecule has 0 amide bonds. The molecule has 0 unspecified atom stereocenters. The smallest absolute Gasteiger partial charge is 0.180 e. The lowest BCUT2D eigenvalue weighted by Crippen LogP contribution is -2.10. The van der Waals surface area contributed by atoms with Crippen molar-refractivity contribution in [2.45, 2.75) is 0 Å². The summed E-state index contributed by atoms with van der Waals surface area (Å²) in [6, 6.07) is 7.83. The Bertz CT molecular complexity index is 228. The molecule has 0 aliphatic carbocycles. The molecule has 0 aliphatic heterocycles. The third kappa shape index (κ3) is 2.15. The SMILES string of the molecule is C=C[B]c1ccc(OC)cc1. The van der Waals surface area contributed by atoms with Crippen molar-refractivity contribution >= 4 is 12.7 Å². The zero-order chi connectivity index (χ0) is 8.10. The van der Waals surface area contributed by atoms with Crippen LogP contribution in [0.2, 0.25) is 0 Å². The summed E-state index contributed by atoms with van der Waals surface area (Å²) >= 11 is 0. The second-order valence-corrected chi connectivity index (χ2v) is 2.18. The van der Waals surface area contributed by atoms with Crippen molar-refractivity contribution in [3.05, 3.63) is 36.8 Å². The maximum absolute atomic E-state index is 5.01. The largest absolute Gasteiger partial charge is 0.497 e. The Morgan fingerprint density at radius 2 is 2.00 bits per heavy atom. The van der Waals surface area contributed by atoms with Crippen molar-refractivity contribution in [2.75, 3.05) is 7.11 Å². The summed E-state index contributed by atoms with van der Waals surface area (Å²) in [5, 5.41) is 0. The monoisotopic (exact) mass is 145 g/mol. The van der Waals surface area contributed by atoms with E-state index in [1.165, 1.54) is 0 Å². The van der Waals surface area contributed by atoms with E-state index in [2.05, 4.69) is 6.58 Å². The van der Waals surface area contributed by atoms with Gasteiger partial charge in [-0.1, -0.05) is 17.6 Å². The zero-order valence-electron chi connectivity index (χ0n) is 6.58. The molecule has 1 nitrogen and oxygen atoms in total. The van der Waals surface area contributed by atoms with Gasteiger partial charge < -0.3 is 4.74 Å². The van der Waals surface area contributed by atoms with Crippen molar-refractivity contribution in [3.63, 3.8) is 0 Å².